The predicted octanol–water partition coefficient (Wildman–Crippen LogP) is 3.45. The largest absolute Gasteiger partial charge is 0.489 e. The molecule has 3 rings (SSSR count). The number of hydrogen-bond acceptors (Lipinski definition) is 5. The van der Waals surface area contributed by atoms with Gasteiger partial charge in [0.25, 0.3) is 0 Å². The summed E-state index contributed by atoms with van der Waals surface area (Å²) < 4.78 is 12.4. The van der Waals surface area contributed by atoms with Crippen LogP contribution in [-0.4, -0.2) is 25.2 Å². The first-order chi connectivity index (χ1) is 9.78. The van der Waals surface area contributed by atoms with E-state index in [2.05, 4.69) is 31.6 Å². The molecule has 1 aromatic heterocycles. The van der Waals surface area contributed by atoms with Gasteiger partial charge in [0, 0.05) is 23.9 Å². The number of hydrogen-bond donors (Lipinski definition) is 1. The van der Waals surface area contributed by atoms with Crippen LogP contribution in [0.5, 0.6) is 11.5 Å². The van der Waals surface area contributed by atoms with Crippen molar-refractivity contribution in [2.75, 3.05) is 20.3 Å². The maximum Gasteiger partial charge on any atom is 0.175 e. The average Bonchev–Trinajstić information content (AvgIpc) is 2.76. The van der Waals surface area contributed by atoms with Gasteiger partial charge < -0.3 is 14.8 Å². The SMILES string of the molecule is CNCc1csc(-c2cc(Br)c3c(c2)OCCCO3)n1. The summed E-state index contributed by atoms with van der Waals surface area (Å²) in [6.45, 7) is 2.16. The first-order valence-electron chi connectivity index (χ1n) is 6.46. The van der Waals surface area contributed by atoms with Crippen LogP contribution >= 0.6 is 27.3 Å². The molecule has 2 heterocycles. The van der Waals surface area contributed by atoms with Gasteiger partial charge in [0.1, 0.15) is 5.01 Å². The molecule has 0 radical (unpaired) electrons. The minimum absolute atomic E-state index is 0.686. The molecule has 0 unspecified atom stereocenters. The molecule has 6 heteroatoms. The number of fused-ring (bicyclic) bond motifs is 1. The Morgan fingerprint density at radius 2 is 2.20 bits per heavy atom. The quantitative estimate of drug-likeness (QED) is 0.916. The van der Waals surface area contributed by atoms with Gasteiger partial charge in [0.15, 0.2) is 11.5 Å². The minimum atomic E-state index is 0.686. The maximum atomic E-state index is 5.76. The van der Waals surface area contributed by atoms with Crippen molar-refractivity contribution < 1.29 is 9.47 Å². The number of nitrogens with zero attached hydrogens (tertiary/aromatic N) is 1. The van der Waals surface area contributed by atoms with Crippen LogP contribution in [0.3, 0.4) is 0 Å². The molecule has 0 saturated carbocycles. The zero-order chi connectivity index (χ0) is 13.9. The van der Waals surface area contributed by atoms with Crippen molar-refractivity contribution in [1.29, 1.82) is 0 Å². The van der Waals surface area contributed by atoms with Crippen LogP contribution in [0.25, 0.3) is 10.6 Å². The van der Waals surface area contributed by atoms with Crippen LogP contribution in [0, 0.1) is 0 Å². The zero-order valence-corrected chi connectivity index (χ0v) is 13.5. The average molecular weight is 355 g/mol. The number of halogens is 1. The smallest absolute Gasteiger partial charge is 0.175 e. The van der Waals surface area contributed by atoms with Crippen molar-refractivity contribution in [2.45, 2.75) is 13.0 Å². The molecule has 0 amide bonds. The summed E-state index contributed by atoms with van der Waals surface area (Å²) in [7, 11) is 1.92. The van der Waals surface area contributed by atoms with E-state index < -0.39 is 0 Å². The van der Waals surface area contributed by atoms with Gasteiger partial charge in [-0.1, -0.05) is 0 Å². The summed E-state index contributed by atoms with van der Waals surface area (Å²) in [6, 6.07) is 4.04. The molecule has 1 N–H and O–H groups in total. The van der Waals surface area contributed by atoms with Crippen LogP contribution in [0.1, 0.15) is 12.1 Å². The Morgan fingerprint density at radius 1 is 1.35 bits per heavy atom. The van der Waals surface area contributed by atoms with Crippen LogP contribution in [0.2, 0.25) is 0 Å². The van der Waals surface area contributed by atoms with Crippen molar-refractivity contribution in [3.8, 4) is 22.1 Å². The summed E-state index contributed by atoms with van der Waals surface area (Å²) in [5.41, 5.74) is 2.10. The Morgan fingerprint density at radius 3 is 3.05 bits per heavy atom. The molecule has 0 aliphatic carbocycles. The fourth-order valence-electron chi connectivity index (χ4n) is 2.06. The maximum absolute atomic E-state index is 5.76. The second-order valence-electron chi connectivity index (χ2n) is 4.51. The third-order valence-corrected chi connectivity index (χ3v) is 4.49. The summed E-state index contributed by atoms with van der Waals surface area (Å²) >= 11 is 5.20. The standard InChI is InChI=1S/C14H15BrN2O2S/c1-16-7-10-8-20-14(17-10)9-5-11(15)13-12(6-9)18-3-2-4-19-13/h5-6,8,16H,2-4,7H2,1H3. The van der Waals surface area contributed by atoms with E-state index in [1.807, 2.05) is 19.2 Å². The zero-order valence-electron chi connectivity index (χ0n) is 11.1. The molecule has 0 saturated heterocycles. The Kier molecular flexibility index (Phi) is 4.24. The number of aromatic nitrogens is 1. The van der Waals surface area contributed by atoms with Gasteiger partial charge in [-0.05, 0) is 35.1 Å². The first kappa shape index (κ1) is 13.9. The Balaban J connectivity index is 1.97. The van der Waals surface area contributed by atoms with E-state index in [4.69, 9.17) is 9.47 Å². The van der Waals surface area contributed by atoms with Gasteiger partial charge in [-0.2, -0.15) is 0 Å². The molecule has 20 heavy (non-hydrogen) atoms. The Hall–Kier alpha value is -1.11. The van der Waals surface area contributed by atoms with Gasteiger partial charge >= 0.3 is 0 Å². The minimum Gasteiger partial charge on any atom is -0.489 e. The van der Waals surface area contributed by atoms with Crippen LogP contribution in [0.15, 0.2) is 22.0 Å². The van der Waals surface area contributed by atoms with E-state index in [-0.39, 0.29) is 0 Å². The summed E-state index contributed by atoms with van der Waals surface area (Å²) in [4.78, 5) is 4.62. The van der Waals surface area contributed by atoms with E-state index in [0.29, 0.717) is 13.2 Å². The van der Waals surface area contributed by atoms with Gasteiger partial charge in [-0.3, -0.25) is 0 Å². The normalized spacial score (nSPS) is 14.1. The number of ether oxygens (including phenoxy) is 2. The first-order valence-corrected chi connectivity index (χ1v) is 8.13. The highest BCUT2D eigenvalue weighted by molar-refractivity contribution is 9.10. The highest BCUT2D eigenvalue weighted by Crippen LogP contribution is 2.41. The van der Waals surface area contributed by atoms with Crippen LogP contribution in [-0.2, 0) is 6.54 Å². The topological polar surface area (TPSA) is 43.4 Å². The summed E-state index contributed by atoms with van der Waals surface area (Å²) in [5, 5.41) is 6.17. The fraction of sp³-hybridized carbons (Fsp3) is 0.357. The third kappa shape index (κ3) is 2.82. The van der Waals surface area contributed by atoms with Gasteiger partial charge in [0.05, 0.1) is 23.4 Å². The number of nitrogens with one attached hydrogen (secondary N) is 1. The van der Waals surface area contributed by atoms with E-state index in [1.165, 1.54) is 0 Å². The van der Waals surface area contributed by atoms with E-state index >= 15 is 0 Å². The number of thiazole rings is 1. The summed E-state index contributed by atoms with van der Waals surface area (Å²) in [6.07, 6.45) is 0.903. The van der Waals surface area contributed by atoms with Crippen LogP contribution in [0.4, 0.5) is 0 Å². The lowest BCUT2D eigenvalue weighted by atomic mass is 10.2. The molecule has 2 aromatic rings. The molecular weight excluding hydrogens is 340 g/mol. The lowest BCUT2D eigenvalue weighted by Gasteiger charge is -2.10. The molecule has 1 aliphatic heterocycles. The molecule has 0 fully saturated rings. The molecule has 4 nitrogen and oxygen atoms in total. The molecular formula is C14H15BrN2O2S. The third-order valence-electron chi connectivity index (χ3n) is 2.96. The van der Waals surface area contributed by atoms with Crippen molar-refractivity contribution in [1.82, 2.24) is 10.3 Å². The fourth-order valence-corrected chi connectivity index (χ4v) is 3.42. The highest BCUT2D eigenvalue weighted by atomic mass is 79.9. The van der Waals surface area contributed by atoms with Crippen molar-refractivity contribution >= 4 is 27.3 Å². The molecule has 0 spiro atoms. The van der Waals surface area contributed by atoms with Gasteiger partial charge in [0.2, 0.25) is 0 Å². The molecule has 106 valence electrons. The molecule has 1 aromatic carbocycles. The van der Waals surface area contributed by atoms with Crippen molar-refractivity contribution in [3.63, 3.8) is 0 Å². The predicted molar refractivity (Wildman–Crippen MR) is 83.6 cm³/mol. The van der Waals surface area contributed by atoms with E-state index in [1.54, 1.807) is 11.3 Å². The Labute approximate surface area is 130 Å². The lowest BCUT2D eigenvalue weighted by Crippen LogP contribution is -2.04. The highest BCUT2D eigenvalue weighted by Gasteiger charge is 2.17. The lowest BCUT2D eigenvalue weighted by molar-refractivity contribution is 0.296. The second-order valence-corrected chi connectivity index (χ2v) is 6.22. The summed E-state index contributed by atoms with van der Waals surface area (Å²) in [5.74, 6) is 1.58. The van der Waals surface area contributed by atoms with Crippen LogP contribution < -0.4 is 14.8 Å². The Bertz CT molecular complexity index is 615. The molecule has 0 bridgehead atoms. The van der Waals surface area contributed by atoms with Gasteiger partial charge in [-0.15, -0.1) is 11.3 Å². The molecule has 1 aliphatic rings. The number of benzene rings is 1. The van der Waals surface area contributed by atoms with E-state index in [9.17, 15) is 0 Å². The number of rotatable bonds is 3. The second kappa shape index (κ2) is 6.11. The van der Waals surface area contributed by atoms with Crippen molar-refractivity contribution in [2.24, 2.45) is 0 Å². The van der Waals surface area contributed by atoms with E-state index in [0.717, 1.165) is 45.2 Å². The van der Waals surface area contributed by atoms with Crippen molar-refractivity contribution in [3.05, 3.63) is 27.7 Å². The monoisotopic (exact) mass is 354 g/mol. The van der Waals surface area contributed by atoms with Gasteiger partial charge in [-0.25, -0.2) is 4.98 Å². The molecule has 0 atom stereocenters.